The lowest BCUT2D eigenvalue weighted by atomic mass is 10.2. The third kappa shape index (κ3) is 4.47. The molecule has 0 radical (unpaired) electrons. The summed E-state index contributed by atoms with van der Waals surface area (Å²) in [6.07, 6.45) is 0. The van der Waals surface area contributed by atoms with E-state index in [2.05, 4.69) is 20.9 Å². The number of carbonyl (C=O) groups is 1. The minimum absolute atomic E-state index is 0.00154. The van der Waals surface area contributed by atoms with Gasteiger partial charge in [-0.25, -0.2) is 4.98 Å². The first-order chi connectivity index (χ1) is 13.4. The summed E-state index contributed by atoms with van der Waals surface area (Å²) < 4.78 is 2.47. The third-order valence-corrected chi connectivity index (χ3v) is 6.04. The summed E-state index contributed by atoms with van der Waals surface area (Å²) in [4.78, 5) is 32.0. The first-order valence-corrected chi connectivity index (χ1v) is 10.7. The maximum atomic E-state index is 12.9. The monoisotopic (exact) mass is 459 g/mol. The Morgan fingerprint density at radius 3 is 2.64 bits per heavy atom. The van der Waals surface area contributed by atoms with E-state index < -0.39 is 0 Å². The first kappa shape index (κ1) is 20.6. The van der Waals surface area contributed by atoms with Crippen LogP contribution in [0.4, 0.5) is 0 Å². The minimum Gasteiger partial charge on any atom is -0.340 e. The highest BCUT2D eigenvalue weighted by Gasteiger charge is 2.22. The van der Waals surface area contributed by atoms with Crippen LogP contribution in [-0.4, -0.2) is 32.7 Å². The highest BCUT2D eigenvalue weighted by atomic mass is 79.9. The predicted octanol–water partition coefficient (Wildman–Crippen LogP) is 4.32. The molecule has 1 aromatic heterocycles. The second-order valence-corrected chi connectivity index (χ2v) is 8.77. The van der Waals surface area contributed by atoms with Gasteiger partial charge in [0.05, 0.1) is 16.2 Å². The molecule has 1 amide bonds. The van der Waals surface area contributed by atoms with Gasteiger partial charge in [-0.2, -0.15) is 0 Å². The van der Waals surface area contributed by atoms with Crippen molar-refractivity contribution in [3.63, 3.8) is 0 Å². The third-order valence-electron chi connectivity index (χ3n) is 4.47. The molecule has 28 heavy (non-hydrogen) atoms. The van der Waals surface area contributed by atoms with Crippen LogP contribution in [0.15, 0.2) is 63.0 Å². The SMILES string of the molecule is CCn1c(SC(C)C(=O)N(C)Cc2ccccc2)nc2ccc(Br)cc2c1=O. The number of rotatable bonds is 6. The zero-order chi connectivity index (χ0) is 20.3. The topological polar surface area (TPSA) is 55.2 Å². The van der Waals surface area contributed by atoms with Crippen LogP contribution in [0.3, 0.4) is 0 Å². The van der Waals surface area contributed by atoms with Crippen molar-refractivity contribution in [2.45, 2.75) is 37.3 Å². The Labute approximate surface area is 176 Å². The Morgan fingerprint density at radius 1 is 1.25 bits per heavy atom. The summed E-state index contributed by atoms with van der Waals surface area (Å²) >= 11 is 4.73. The van der Waals surface area contributed by atoms with Crippen molar-refractivity contribution in [2.24, 2.45) is 0 Å². The Balaban J connectivity index is 1.84. The molecular formula is C21H22BrN3O2S. The second-order valence-electron chi connectivity index (χ2n) is 6.55. The molecule has 0 N–H and O–H groups in total. The molecule has 1 unspecified atom stereocenters. The molecule has 0 aliphatic rings. The van der Waals surface area contributed by atoms with Gasteiger partial charge in [-0.1, -0.05) is 58.0 Å². The van der Waals surface area contributed by atoms with Crippen LogP contribution in [0.1, 0.15) is 19.4 Å². The quantitative estimate of drug-likeness (QED) is 0.406. The number of benzene rings is 2. The fourth-order valence-electron chi connectivity index (χ4n) is 3.00. The van der Waals surface area contributed by atoms with Crippen LogP contribution in [-0.2, 0) is 17.9 Å². The van der Waals surface area contributed by atoms with Crippen LogP contribution in [0.2, 0.25) is 0 Å². The molecule has 0 fully saturated rings. The van der Waals surface area contributed by atoms with Crippen molar-refractivity contribution in [3.8, 4) is 0 Å². The molecule has 1 heterocycles. The average Bonchev–Trinajstić information content (AvgIpc) is 2.69. The second kappa shape index (κ2) is 8.92. The normalized spacial score (nSPS) is 12.1. The molecule has 3 aromatic rings. The summed E-state index contributed by atoms with van der Waals surface area (Å²) in [6, 6.07) is 15.3. The maximum Gasteiger partial charge on any atom is 0.262 e. The number of amides is 1. The Morgan fingerprint density at radius 2 is 1.96 bits per heavy atom. The zero-order valence-electron chi connectivity index (χ0n) is 16.1. The van der Waals surface area contributed by atoms with Crippen LogP contribution in [0.25, 0.3) is 10.9 Å². The number of hydrogen-bond acceptors (Lipinski definition) is 4. The molecule has 7 heteroatoms. The molecule has 0 saturated carbocycles. The number of thioether (sulfide) groups is 1. The van der Waals surface area contributed by atoms with E-state index in [0.717, 1.165) is 10.0 Å². The fraction of sp³-hybridized carbons (Fsp3) is 0.286. The molecule has 0 aliphatic heterocycles. The molecule has 0 aliphatic carbocycles. The van der Waals surface area contributed by atoms with Gasteiger partial charge in [0.2, 0.25) is 5.91 Å². The van der Waals surface area contributed by atoms with E-state index in [1.54, 1.807) is 22.6 Å². The van der Waals surface area contributed by atoms with Crippen molar-refractivity contribution in [2.75, 3.05) is 7.05 Å². The molecule has 1 atom stereocenters. The summed E-state index contributed by atoms with van der Waals surface area (Å²) in [7, 11) is 1.80. The van der Waals surface area contributed by atoms with E-state index in [4.69, 9.17) is 0 Å². The largest absolute Gasteiger partial charge is 0.340 e. The summed E-state index contributed by atoms with van der Waals surface area (Å²) in [5.41, 5.74) is 1.63. The van der Waals surface area contributed by atoms with Crippen molar-refractivity contribution in [1.29, 1.82) is 0 Å². The van der Waals surface area contributed by atoms with Gasteiger partial charge in [-0.05, 0) is 37.6 Å². The zero-order valence-corrected chi connectivity index (χ0v) is 18.5. The van der Waals surface area contributed by atoms with Gasteiger partial charge in [0.25, 0.3) is 5.56 Å². The number of hydrogen-bond donors (Lipinski definition) is 0. The van der Waals surface area contributed by atoms with E-state index in [1.165, 1.54) is 11.8 Å². The fourth-order valence-corrected chi connectivity index (χ4v) is 4.44. The van der Waals surface area contributed by atoms with E-state index >= 15 is 0 Å². The molecule has 146 valence electrons. The lowest BCUT2D eigenvalue weighted by Crippen LogP contribution is -2.33. The van der Waals surface area contributed by atoms with Crippen molar-refractivity contribution < 1.29 is 4.79 Å². The van der Waals surface area contributed by atoms with Gasteiger partial charge < -0.3 is 4.90 Å². The van der Waals surface area contributed by atoms with Gasteiger partial charge in [0, 0.05) is 24.6 Å². The molecule has 3 rings (SSSR count). The van der Waals surface area contributed by atoms with Gasteiger partial charge in [-0.15, -0.1) is 0 Å². The van der Waals surface area contributed by atoms with E-state index in [1.807, 2.05) is 56.3 Å². The molecule has 0 spiro atoms. The lowest BCUT2D eigenvalue weighted by Gasteiger charge is -2.22. The van der Waals surface area contributed by atoms with Crippen molar-refractivity contribution in [3.05, 3.63) is 68.9 Å². The van der Waals surface area contributed by atoms with Gasteiger partial charge in [-0.3, -0.25) is 14.2 Å². The molecular weight excluding hydrogens is 438 g/mol. The molecule has 0 saturated heterocycles. The average molecular weight is 460 g/mol. The van der Waals surface area contributed by atoms with Gasteiger partial charge in [0.1, 0.15) is 0 Å². The molecule has 0 bridgehead atoms. The van der Waals surface area contributed by atoms with Gasteiger partial charge >= 0.3 is 0 Å². The van der Waals surface area contributed by atoms with Gasteiger partial charge in [0.15, 0.2) is 5.16 Å². The number of halogens is 1. The first-order valence-electron chi connectivity index (χ1n) is 9.06. The highest BCUT2D eigenvalue weighted by Crippen LogP contribution is 2.25. The van der Waals surface area contributed by atoms with Crippen LogP contribution >= 0.6 is 27.7 Å². The highest BCUT2D eigenvalue weighted by molar-refractivity contribution is 9.10. The van der Waals surface area contributed by atoms with Crippen LogP contribution < -0.4 is 5.56 Å². The van der Waals surface area contributed by atoms with E-state index in [-0.39, 0.29) is 16.7 Å². The Bertz CT molecular complexity index is 1050. The van der Waals surface area contributed by atoms with E-state index in [0.29, 0.717) is 29.1 Å². The van der Waals surface area contributed by atoms with Crippen LogP contribution in [0, 0.1) is 0 Å². The molecule has 2 aromatic carbocycles. The standard InChI is InChI=1S/C21H22BrN3O2S/c1-4-25-20(27)17-12-16(22)10-11-18(17)23-21(25)28-14(2)19(26)24(3)13-15-8-6-5-7-9-15/h5-12,14H,4,13H2,1-3H3. The summed E-state index contributed by atoms with van der Waals surface area (Å²) in [5.74, 6) is 0.00154. The Hall–Kier alpha value is -2.12. The van der Waals surface area contributed by atoms with Crippen molar-refractivity contribution >= 4 is 44.5 Å². The lowest BCUT2D eigenvalue weighted by molar-refractivity contribution is -0.129. The molecule has 5 nitrogen and oxygen atoms in total. The van der Waals surface area contributed by atoms with Crippen LogP contribution in [0.5, 0.6) is 0 Å². The van der Waals surface area contributed by atoms with E-state index in [9.17, 15) is 9.59 Å². The number of nitrogens with zero attached hydrogens (tertiary/aromatic N) is 3. The number of aromatic nitrogens is 2. The minimum atomic E-state index is -0.355. The number of carbonyl (C=O) groups excluding carboxylic acids is 1. The maximum absolute atomic E-state index is 12.9. The van der Waals surface area contributed by atoms with Crippen molar-refractivity contribution in [1.82, 2.24) is 14.5 Å². The smallest absolute Gasteiger partial charge is 0.262 e. The summed E-state index contributed by atoms with van der Waals surface area (Å²) in [6.45, 7) is 4.80. The Kier molecular flexibility index (Phi) is 6.57. The predicted molar refractivity (Wildman–Crippen MR) is 118 cm³/mol. The summed E-state index contributed by atoms with van der Waals surface area (Å²) in [5, 5.41) is 0.781. The number of fused-ring (bicyclic) bond motifs is 1.